The van der Waals surface area contributed by atoms with Gasteiger partial charge in [-0.25, -0.2) is 4.79 Å². The van der Waals surface area contributed by atoms with Crippen molar-refractivity contribution in [3.63, 3.8) is 0 Å². The number of rotatable bonds is 5. The van der Waals surface area contributed by atoms with Crippen LogP contribution in [0.5, 0.6) is 0 Å². The highest BCUT2D eigenvalue weighted by molar-refractivity contribution is 5.71. The highest BCUT2D eigenvalue weighted by Crippen LogP contribution is 2.28. The number of nitrogens with two attached hydrogens (primary N) is 1. The van der Waals surface area contributed by atoms with Crippen molar-refractivity contribution in [3.8, 4) is 0 Å². The lowest BCUT2D eigenvalue weighted by Crippen LogP contribution is -2.66. The zero-order chi connectivity index (χ0) is 19.6. The van der Waals surface area contributed by atoms with Crippen molar-refractivity contribution in [2.24, 2.45) is 5.73 Å². The molecule has 2 amide bonds. The summed E-state index contributed by atoms with van der Waals surface area (Å²) in [5.74, 6) is 0. The second kappa shape index (κ2) is 8.71. The Morgan fingerprint density at radius 1 is 0.885 bits per heavy atom. The summed E-state index contributed by atoms with van der Waals surface area (Å²) in [6.45, 7) is -1.39. The number of carbonyl (C=O) groups is 1. The molecule has 0 spiro atoms. The second-order valence-electron chi connectivity index (χ2n) is 6.07. The molecule has 10 N–H and O–H groups in total. The maximum Gasteiger partial charge on any atom is 0.314 e. The molecule has 0 radical (unpaired) electrons. The molecule has 13 heteroatoms. The van der Waals surface area contributed by atoms with Gasteiger partial charge in [0.2, 0.25) is 0 Å². The van der Waals surface area contributed by atoms with Gasteiger partial charge in [-0.15, -0.1) is 0 Å². The highest BCUT2D eigenvalue weighted by atomic mass is 16.7. The van der Waals surface area contributed by atoms with E-state index in [1.807, 2.05) is 5.32 Å². The average Bonchev–Trinajstić information content (AvgIpc) is 2.60. The van der Waals surface area contributed by atoms with Crippen molar-refractivity contribution >= 4 is 6.03 Å². The van der Waals surface area contributed by atoms with Gasteiger partial charge in [0.1, 0.15) is 48.8 Å². The van der Waals surface area contributed by atoms with Crippen LogP contribution >= 0.6 is 0 Å². The average molecular weight is 385 g/mol. The van der Waals surface area contributed by atoms with E-state index >= 15 is 0 Å². The quantitative estimate of drug-likeness (QED) is 0.203. The first-order valence-electron chi connectivity index (χ1n) is 7.85. The van der Waals surface area contributed by atoms with E-state index in [2.05, 4.69) is 0 Å². The first-order chi connectivity index (χ1) is 12.2. The third kappa shape index (κ3) is 4.23. The van der Waals surface area contributed by atoms with Gasteiger partial charge in [-0.3, -0.25) is 0 Å². The van der Waals surface area contributed by atoms with Crippen LogP contribution in [0.3, 0.4) is 0 Å². The van der Waals surface area contributed by atoms with Crippen LogP contribution in [0, 0.1) is 0 Å². The van der Waals surface area contributed by atoms with Crippen molar-refractivity contribution < 1.29 is 54.8 Å². The zero-order valence-corrected chi connectivity index (χ0v) is 13.5. The minimum atomic E-state index is -1.75. The van der Waals surface area contributed by atoms with Crippen molar-refractivity contribution in [2.45, 2.75) is 61.3 Å². The third-order valence-corrected chi connectivity index (χ3v) is 4.29. The molecule has 26 heavy (non-hydrogen) atoms. The number of amides is 2. The van der Waals surface area contributed by atoms with E-state index in [1.165, 1.54) is 0 Å². The Bertz CT molecular complexity index is 479. The van der Waals surface area contributed by atoms with E-state index < -0.39 is 80.6 Å². The molecule has 1 unspecified atom stereocenters. The maximum atomic E-state index is 10.9. The normalized spacial score (nSPS) is 46.7. The predicted octanol–water partition coefficient (Wildman–Crippen LogP) is -5.72. The topological polar surface area (TPSA) is 224 Å². The maximum absolute atomic E-state index is 10.9. The number of aliphatic hydroxyl groups excluding tert-OH is 7. The van der Waals surface area contributed by atoms with Gasteiger partial charge in [-0.05, 0) is 0 Å². The molecule has 13 nitrogen and oxygen atoms in total. The molecule has 2 saturated heterocycles. The summed E-state index contributed by atoms with van der Waals surface area (Å²) in [4.78, 5) is 10.9. The Balaban J connectivity index is 2.12. The van der Waals surface area contributed by atoms with E-state index in [-0.39, 0.29) is 0 Å². The molecule has 0 saturated carbocycles. The van der Waals surface area contributed by atoms with Gasteiger partial charge >= 0.3 is 6.03 Å². The Hall–Kier alpha value is -1.13. The molecule has 2 fully saturated rings. The molecule has 0 aromatic rings. The first kappa shape index (κ1) is 21.2. The van der Waals surface area contributed by atoms with Crippen molar-refractivity contribution in [3.05, 3.63) is 0 Å². The van der Waals surface area contributed by atoms with Crippen molar-refractivity contribution in [2.75, 3.05) is 13.2 Å². The Labute approximate surface area is 147 Å². The molecule has 10 atom stereocenters. The molecule has 152 valence electrons. The lowest BCUT2D eigenvalue weighted by Gasteiger charge is -2.46. The summed E-state index contributed by atoms with van der Waals surface area (Å²) in [6.07, 6.45) is -15.5. The summed E-state index contributed by atoms with van der Waals surface area (Å²) in [6, 6.07) is -1.04. The number of ether oxygens (including phenoxy) is 3. The second-order valence-corrected chi connectivity index (χ2v) is 6.07. The van der Waals surface area contributed by atoms with Gasteiger partial charge in [0, 0.05) is 0 Å². The number of nitrogens with one attached hydrogen (secondary N) is 1. The van der Waals surface area contributed by atoms with Crippen LogP contribution in [0.2, 0.25) is 0 Å². The number of primary amides is 1. The lowest BCUT2D eigenvalue weighted by molar-refractivity contribution is -0.342. The van der Waals surface area contributed by atoms with Crippen molar-refractivity contribution in [1.82, 2.24) is 5.32 Å². The Morgan fingerprint density at radius 2 is 1.50 bits per heavy atom. The van der Waals surface area contributed by atoms with Gasteiger partial charge in [-0.1, -0.05) is 0 Å². The molecule has 2 heterocycles. The van der Waals surface area contributed by atoms with Gasteiger partial charge in [-0.2, -0.15) is 0 Å². The molecule has 2 aliphatic heterocycles. The lowest BCUT2D eigenvalue weighted by atomic mass is 9.96. The van der Waals surface area contributed by atoms with E-state index in [1.54, 1.807) is 0 Å². The summed E-state index contributed by atoms with van der Waals surface area (Å²) in [5.41, 5.74) is 4.93. The van der Waals surface area contributed by atoms with Crippen LogP contribution in [0.4, 0.5) is 4.79 Å². The molecular weight excluding hydrogens is 361 g/mol. The summed E-state index contributed by atoms with van der Waals surface area (Å²) >= 11 is 0. The van der Waals surface area contributed by atoms with E-state index in [0.29, 0.717) is 0 Å². The number of carbonyl (C=O) groups excluding carboxylic acids is 1. The molecule has 0 aromatic carbocycles. The smallest absolute Gasteiger partial charge is 0.314 e. The zero-order valence-electron chi connectivity index (χ0n) is 13.5. The standard InChI is InChI=1S/C13H24N2O11/c14-13(23)15-11-8(21)7(20)10(4(2-17)24-11)26-12-9(22)6(19)5(18)3(1-16)25-12/h3-12,16-22H,1-2H2,(H3,14,15,23)/t3-,4-,5+,6+,7-,8-,9-,10-,11?,12+/m1/s1/i13+1. The number of hydrogen-bond donors (Lipinski definition) is 9. The third-order valence-electron chi connectivity index (χ3n) is 4.29. The van der Waals surface area contributed by atoms with Crippen LogP contribution in [0.15, 0.2) is 0 Å². The fourth-order valence-electron chi connectivity index (χ4n) is 2.85. The minimum Gasteiger partial charge on any atom is -0.394 e. The molecular formula is C13H24N2O11. The largest absolute Gasteiger partial charge is 0.394 e. The summed E-state index contributed by atoms with van der Waals surface area (Å²) in [7, 11) is 0. The Morgan fingerprint density at radius 3 is 2.04 bits per heavy atom. The number of urea groups is 1. The summed E-state index contributed by atoms with van der Waals surface area (Å²) in [5, 5.41) is 70.3. The van der Waals surface area contributed by atoms with Crippen LogP contribution in [0.25, 0.3) is 0 Å². The number of aliphatic hydroxyl groups is 7. The first-order valence-corrected chi connectivity index (χ1v) is 7.85. The molecule has 0 aromatic heterocycles. The molecule has 0 aliphatic carbocycles. The van der Waals surface area contributed by atoms with Gasteiger partial charge in [0.25, 0.3) is 0 Å². The monoisotopic (exact) mass is 385 g/mol. The minimum absolute atomic E-state index is 0.689. The predicted molar refractivity (Wildman–Crippen MR) is 79.1 cm³/mol. The number of hydrogen-bond acceptors (Lipinski definition) is 11. The fourth-order valence-corrected chi connectivity index (χ4v) is 2.85. The molecule has 2 rings (SSSR count). The SMILES string of the molecule is N[13C](=O)NC1O[C@H](CO)[C@@H](O[C@@H]2O[C@H](CO)[C@H](O)[C@H](O)[C@H]2O)[C@H](O)[C@H]1O. The van der Waals surface area contributed by atoms with Crippen LogP contribution in [-0.2, 0) is 14.2 Å². The van der Waals surface area contributed by atoms with Gasteiger partial charge in [0.05, 0.1) is 13.2 Å². The fraction of sp³-hybridized carbons (Fsp3) is 0.923. The van der Waals surface area contributed by atoms with E-state index in [0.717, 1.165) is 0 Å². The Kier molecular flexibility index (Phi) is 7.09. The van der Waals surface area contributed by atoms with Gasteiger partial charge < -0.3 is 61.0 Å². The van der Waals surface area contributed by atoms with Gasteiger partial charge in [0.15, 0.2) is 12.5 Å². The van der Waals surface area contributed by atoms with Crippen LogP contribution in [-0.4, -0.2) is 116 Å². The van der Waals surface area contributed by atoms with Crippen LogP contribution < -0.4 is 11.1 Å². The van der Waals surface area contributed by atoms with E-state index in [4.69, 9.17) is 25.1 Å². The molecule has 2 aliphatic rings. The molecule has 0 bridgehead atoms. The van der Waals surface area contributed by atoms with Crippen molar-refractivity contribution in [1.29, 1.82) is 0 Å². The highest BCUT2D eigenvalue weighted by Gasteiger charge is 2.50. The summed E-state index contributed by atoms with van der Waals surface area (Å²) < 4.78 is 15.7. The van der Waals surface area contributed by atoms with E-state index in [9.17, 15) is 35.4 Å². The van der Waals surface area contributed by atoms with Crippen LogP contribution in [0.1, 0.15) is 0 Å².